The molecule has 5 heteroatoms. The number of benzene rings is 2. The molecule has 1 unspecified atom stereocenters. The highest BCUT2D eigenvalue weighted by Crippen LogP contribution is 2.36. The van der Waals surface area contributed by atoms with Gasteiger partial charge in [-0.3, -0.25) is 4.18 Å². The van der Waals surface area contributed by atoms with Crippen LogP contribution in [0.2, 0.25) is 0 Å². The van der Waals surface area contributed by atoms with Gasteiger partial charge in [0.1, 0.15) is 18.1 Å². The van der Waals surface area contributed by atoms with E-state index in [4.69, 9.17) is 13.7 Å². The summed E-state index contributed by atoms with van der Waals surface area (Å²) in [5.41, 5.74) is 2.05. The van der Waals surface area contributed by atoms with Crippen molar-refractivity contribution in [3.63, 3.8) is 0 Å². The van der Waals surface area contributed by atoms with Crippen LogP contribution in [0.1, 0.15) is 38.8 Å². The van der Waals surface area contributed by atoms with Crippen molar-refractivity contribution in [1.29, 1.82) is 0 Å². The molecule has 1 heterocycles. The van der Waals surface area contributed by atoms with E-state index in [0.717, 1.165) is 11.3 Å². The molecule has 2 aromatic rings. The largest absolute Gasteiger partial charge is 0.508 e. The van der Waals surface area contributed by atoms with Crippen molar-refractivity contribution in [2.45, 2.75) is 44.3 Å². The van der Waals surface area contributed by atoms with E-state index in [2.05, 4.69) is 26.0 Å². The molecule has 1 N–H and O–H groups in total. The third kappa shape index (κ3) is 4.29. The molecule has 0 radical (unpaired) electrons. The molecule has 3 rings (SSSR count). The Morgan fingerprint density at radius 3 is 2.12 bits per heavy atom. The lowest BCUT2D eigenvalue weighted by Crippen LogP contribution is -2.24. The van der Waals surface area contributed by atoms with Crippen molar-refractivity contribution in [3.8, 4) is 11.5 Å². The summed E-state index contributed by atoms with van der Waals surface area (Å²) in [4.78, 5) is 0. The molecule has 134 valence electrons. The molecule has 0 aromatic heterocycles. The zero-order valence-corrected chi connectivity index (χ0v) is 15.8. The van der Waals surface area contributed by atoms with Crippen LogP contribution in [0.5, 0.6) is 11.5 Å². The number of ether oxygens (including phenoxy) is 2. The van der Waals surface area contributed by atoms with E-state index in [9.17, 15) is 5.11 Å². The van der Waals surface area contributed by atoms with Crippen LogP contribution in [0, 0.1) is 0 Å². The molecular weight excluding hydrogens is 336 g/mol. The highest BCUT2D eigenvalue weighted by atomic mass is 32.2. The SMILES string of the molecule is CC1(C)OSC(COc2ccc(C(C)(C)c3ccc(O)cc3)cc2)O1. The van der Waals surface area contributed by atoms with Crippen molar-refractivity contribution in [1.82, 2.24) is 0 Å². The second kappa shape index (κ2) is 6.90. The van der Waals surface area contributed by atoms with Gasteiger partial charge in [-0.25, -0.2) is 0 Å². The van der Waals surface area contributed by atoms with Gasteiger partial charge in [-0.15, -0.1) is 0 Å². The van der Waals surface area contributed by atoms with Crippen LogP contribution in [0.15, 0.2) is 48.5 Å². The maximum Gasteiger partial charge on any atom is 0.177 e. The highest BCUT2D eigenvalue weighted by Gasteiger charge is 2.34. The van der Waals surface area contributed by atoms with Crippen LogP contribution >= 0.6 is 12.0 Å². The number of hydrogen-bond donors (Lipinski definition) is 1. The molecule has 0 aliphatic carbocycles. The predicted molar refractivity (Wildman–Crippen MR) is 99.8 cm³/mol. The van der Waals surface area contributed by atoms with Gasteiger partial charge in [-0.2, -0.15) is 0 Å². The summed E-state index contributed by atoms with van der Waals surface area (Å²) in [7, 11) is 0. The van der Waals surface area contributed by atoms with Crippen LogP contribution in [0.3, 0.4) is 0 Å². The molecular formula is C20H24O4S. The lowest BCUT2D eigenvalue weighted by molar-refractivity contribution is -0.130. The van der Waals surface area contributed by atoms with Crippen molar-refractivity contribution >= 4 is 12.0 Å². The Bertz CT molecular complexity index is 707. The Morgan fingerprint density at radius 1 is 1.04 bits per heavy atom. The quantitative estimate of drug-likeness (QED) is 0.772. The fourth-order valence-electron chi connectivity index (χ4n) is 2.76. The maximum atomic E-state index is 9.47. The maximum absolute atomic E-state index is 9.47. The molecule has 0 bridgehead atoms. The van der Waals surface area contributed by atoms with Crippen molar-refractivity contribution < 1.29 is 18.8 Å². The summed E-state index contributed by atoms with van der Waals surface area (Å²) in [5.74, 6) is 0.526. The van der Waals surface area contributed by atoms with E-state index in [1.807, 2.05) is 38.1 Å². The number of hydrogen-bond acceptors (Lipinski definition) is 5. The topological polar surface area (TPSA) is 47.9 Å². The number of aromatic hydroxyl groups is 1. The zero-order valence-electron chi connectivity index (χ0n) is 15.0. The Balaban J connectivity index is 1.64. The van der Waals surface area contributed by atoms with Crippen LogP contribution in [-0.2, 0) is 14.3 Å². The van der Waals surface area contributed by atoms with E-state index in [1.165, 1.54) is 17.6 Å². The fraction of sp³-hybridized carbons (Fsp3) is 0.400. The number of rotatable bonds is 5. The molecule has 0 saturated carbocycles. The van der Waals surface area contributed by atoms with Gasteiger partial charge >= 0.3 is 0 Å². The number of phenolic OH excluding ortho intramolecular Hbond substituents is 1. The van der Waals surface area contributed by atoms with Crippen molar-refractivity contribution in [2.24, 2.45) is 0 Å². The molecule has 1 saturated heterocycles. The molecule has 0 spiro atoms. The summed E-state index contributed by atoms with van der Waals surface area (Å²) in [6.45, 7) is 8.55. The Hall–Kier alpha value is -1.69. The summed E-state index contributed by atoms with van der Waals surface area (Å²) >= 11 is 1.31. The minimum atomic E-state index is -0.559. The Kier molecular flexibility index (Phi) is 5.00. The summed E-state index contributed by atoms with van der Waals surface area (Å²) < 4.78 is 17.0. The standard InChI is InChI=1S/C20H24O4S/c1-19(2,14-5-9-16(21)10-6-14)15-7-11-17(12-8-15)22-13-18-23-20(3,4)24-25-18/h5-12,18,21H,13H2,1-4H3. The van der Waals surface area contributed by atoms with Crippen LogP contribution in [0.4, 0.5) is 0 Å². The first kappa shape index (κ1) is 18.1. The minimum Gasteiger partial charge on any atom is -0.508 e. The molecule has 1 fully saturated rings. The Labute approximate surface area is 153 Å². The van der Waals surface area contributed by atoms with Gasteiger partial charge in [0, 0.05) is 17.5 Å². The monoisotopic (exact) mass is 360 g/mol. The molecule has 2 aromatic carbocycles. The van der Waals surface area contributed by atoms with Gasteiger partial charge in [-0.05, 0) is 49.2 Å². The molecule has 25 heavy (non-hydrogen) atoms. The van der Waals surface area contributed by atoms with Crippen LogP contribution in [-0.4, -0.2) is 22.9 Å². The zero-order chi connectivity index (χ0) is 18.1. The van der Waals surface area contributed by atoms with Gasteiger partial charge in [0.15, 0.2) is 11.2 Å². The first-order chi connectivity index (χ1) is 11.8. The van der Waals surface area contributed by atoms with E-state index in [0.29, 0.717) is 6.61 Å². The van der Waals surface area contributed by atoms with Crippen LogP contribution in [0.25, 0.3) is 0 Å². The summed E-state index contributed by atoms with van der Waals surface area (Å²) in [6.07, 6.45) is 0. The second-order valence-corrected chi connectivity index (χ2v) is 8.02. The van der Waals surface area contributed by atoms with E-state index in [-0.39, 0.29) is 16.6 Å². The minimum absolute atomic E-state index is 0.122. The van der Waals surface area contributed by atoms with Crippen molar-refractivity contribution in [3.05, 3.63) is 59.7 Å². The van der Waals surface area contributed by atoms with Gasteiger partial charge in [0.2, 0.25) is 0 Å². The van der Waals surface area contributed by atoms with Crippen LogP contribution < -0.4 is 4.74 Å². The molecule has 1 atom stereocenters. The average molecular weight is 360 g/mol. The lowest BCUT2D eigenvalue weighted by Gasteiger charge is -2.26. The van der Waals surface area contributed by atoms with Gasteiger partial charge in [0.25, 0.3) is 0 Å². The van der Waals surface area contributed by atoms with Gasteiger partial charge in [-0.1, -0.05) is 38.1 Å². The first-order valence-corrected chi connectivity index (χ1v) is 9.12. The normalized spacial score (nSPS) is 19.8. The third-order valence-electron chi connectivity index (χ3n) is 4.32. The van der Waals surface area contributed by atoms with E-state index in [1.54, 1.807) is 12.1 Å². The molecule has 1 aliphatic rings. The van der Waals surface area contributed by atoms with E-state index < -0.39 is 5.79 Å². The van der Waals surface area contributed by atoms with Crippen molar-refractivity contribution in [2.75, 3.05) is 6.61 Å². The second-order valence-electron chi connectivity index (χ2n) is 7.13. The lowest BCUT2D eigenvalue weighted by atomic mass is 9.78. The third-order valence-corrected chi connectivity index (χ3v) is 5.27. The first-order valence-electron chi connectivity index (χ1n) is 8.31. The van der Waals surface area contributed by atoms with Gasteiger partial charge < -0.3 is 14.6 Å². The summed E-state index contributed by atoms with van der Waals surface area (Å²) in [6, 6.07) is 15.4. The average Bonchev–Trinajstić information content (AvgIpc) is 2.93. The predicted octanol–water partition coefficient (Wildman–Crippen LogP) is 4.85. The molecule has 1 aliphatic heterocycles. The Morgan fingerprint density at radius 2 is 1.60 bits per heavy atom. The van der Waals surface area contributed by atoms with Gasteiger partial charge in [0.05, 0.1) is 0 Å². The number of phenols is 1. The molecule has 0 amide bonds. The smallest absolute Gasteiger partial charge is 0.177 e. The highest BCUT2D eigenvalue weighted by molar-refractivity contribution is 7.95. The summed E-state index contributed by atoms with van der Waals surface area (Å²) in [5, 5.41) is 9.47. The fourth-order valence-corrected chi connectivity index (χ4v) is 3.54. The molecule has 4 nitrogen and oxygen atoms in total. The van der Waals surface area contributed by atoms with E-state index >= 15 is 0 Å².